The molecule has 0 radical (unpaired) electrons. The van der Waals surface area contributed by atoms with Gasteiger partial charge in [-0.25, -0.2) is 4.79 Å². The summed E-state index contributed by atoms with van der Waals surface area (Å²) in [4.78, 5) is 25.2. The van der Waals surface area contributed by atoms with Crippen LogP contribution in [0.3, 0.4) is 0 Å². The summed E-state index contributed by atoms with van der Waals surface area (Å²) in [7, 11) is 0. The lowest BCUT2D eigenvalue weighted by molar-refractivity contribution is -0.137. The number of carbonyl (C=O) groups excluding carboxylic acids is 1. The molecule has 0 spiro atoms. The average Bonchev–Trinajstić information content (AvgIpc) is 2.65. The van der Waals surface area contributed by atoms with E-state index in [9.17, 15) is 9.59 Å². The minimum atomic E-state index is -0.934. The summed E-state index contributed by atoms with van der Waals surface area (Å²) >= 11 is 6.63. The van der Waals surface area contributed by atoms with Crippen LogP contribution in [0.5, 0.6) is 0 Å². The van der Waals surface area contributed by atoms with Crippen molar-refractivity contribution in [3.05, 3.63) is 46.1 Å². The Kier molecular flexibility index (Phi) is 6.48. The Morgan fingerprint density at radius 3 is 2.77 bits per heavy atom. The van der Waals surface area contributed by atoms with Gasteiger partial charge >= 0.3 is 12.0 Å². The van der Waals surface area contributed by atoms with Gasteiger partial charge in [0.2, 0.25) is 0 Å². The minimum absolute atomic E-state index is 0.0160. The SMILES string of the molecule is C[C@H]1CC2=CN(CCC(=O)O)C(=O)NC2(c2ccc(CCC(C)(C)C)c(Cl)c2)CO1. The third kappa shape index (κ3) is 4.98. The van der Waals surface area contributed by atoms with Crippen LogP contribution in [-0.2, 0) is 21.5 Å². The molecule has 2 aliphatic heterocycles. The first-order chi connectivity index (χ1) is 14.0. The summed E-state index contributed by atoms with van der Waals surface area (Å²) < 4.78 is 5.94. The molecule has 2 atom stereocenters. The molecule has 2 heterocycles. The summed E-state index contributed by atoms with van der Waals surface area (Å²) in [5.74, 6) is -0.934. The van der Waals surface area contributed by atoms with E-state index in [4.69, 9.17) is 21.4 Å². The molecule has 164 valence electrons. The Bertz CT molecular complexity index is 861. The van der Waals surface area contributed by atoms with E-state index in [1.165, 1.54) is 4.90 Å². The van der Waals surface area contributed by atoms with Gasteiger partial charge in [-0.2, -0.15) is 0 Å². The Morgan fingerprint density at radius 2 is 2.13 bits per heavy atom. The second-order valence-corrected chi connectivity index (χ2v) is 9.93. The lowest BCUT2D eigenvalue weighted by atomic mass is 9.77. The quantitative estimate of drug-likeness (QED) is 0.679. The predicted octanol–water partition coefficient (Wildman–Crippen LogP) is 4.71. The van der Waals surface area contributed by atoms with E-state index < -0.39 is 11.5 Å². The highest BCUT2D eigenvalue weighted by molar-refractivity contribution is 6.31. The first kappa shape index (κ1) is 22.6. The van der Waals surface area contributed by atoms with Crippen LogP contribution >= 0.6 is 11.6 Å². The number of nitrogens with zero attached hydrogens (tertiary/aromatic N) is 1. The maximum atomic E-state index is 12.8. The number of benzene rings is 1. The maximum Gasteiger partial charge on any atom is 0.322 e. The molecule has 2 aliphatic rings. The molecule has 6 nitrogen and oxygen atoms in total. The maximum absolute atomic E-state index is 12.8. The zero-order valence-corrected chi connectivity index (χ0v) is 18.9. The Labute approximate surface area is 183 Å². The number of nitrogens with one attached hydrogen (secondary N) is 1. The lowest BCUT2D eigenvalue weighted by Gasteiger charge is -2.46. The molecule has 2 N–H and O–H groups in total. The molecule has 1 fully saturated rings. The highest BCUT2D eigenvalue weighted by Gasteiger charge is 2.46. The number of carboxylic acid groups (broad SMARTS) is 1. The van der Waals surface area contributed by atoms with Crippen LogP contribution in [0.1, 0.15) is 58.1 Å². The van der Waals surface area contributed by atoms with Crippen molar-refractivity contribution < 1.29 is 19.4 Å². The number of hydrogen-bond donors (Lipinski definition) is 2. The van der Waals surface area contributed by atoms with Gasteiger partial charge in [0.25, 0.3) is 0 Å². The van der Waals surface area contributed by atoms with Crippen LogP contribution in [0.25, 0.3) is 0 Å². The van der Waals surface area contributed by atoms with Crippen molar-refractivity contribution in [1.29, 1.82) is 0 Å². The molecular formula is C23H31ClN2O4. The zero-order valence-electron chi connectivity index (χ0n) is 18.1. The van der Waals surface area contributed by atoms with Gasteiger partial charge in [0.05, 0.1) is 19.1 Å². The molecule has 1 aromatic rings. The molecule has 1 unspecified atom stereocenters. The third-order valence-electron chi connectivity index (χ3n) is 5.79. The molecule has 2 amide bonds. The Balaban J connectivity index is 1.92. The molecule has 3 rings (SSSR count). The highest BCUT2D eigenvalue weighted by atomic mass is 35.5. The molecule has 0 bridgehead atoms. The largest absolute Gasteiger partial charge is 0.481 e. The van der Waals surface area contributed by atoms with Gasteiger partial charge in [-0.3, -0.25) is 4.79 Å². The summed E-state index contributed by atoms with van der Waals surface area (Å²) in [6.07, 6.45) is 4.27. The summed E-state index contributed by atoms with van der Waals surface area (Å²) in [6, 6.07) is 5.66. The van der Waals surface area contributed by atoms with Gasteiger partial charge in [0.15, 0.2) is 0 Å². The van der Waals surface area contributed by atoms with Crippen molar-refractivity contribution in [2.75, 3.05) is 13.2 Å². The molecule has 1 aromatic carbocycles. The molecule has 0 aromatic heterocycles. The fraction of sp³-hybridized carbons (Fsp3) is 0.565. The standard InChI is InChI=1S/C23H31ClN2O4/c1-15-11-18-13-26(10-8-20(27)28)21(29)25-23(18,14-30-15)17-6-5-16(19(24)12-17)7-9-22(2,3)4/h5-6,12-13,15H,7-11,14H2,1-4H3,(H,25,29)(H,27,28)/t15-,23?/m0/s1. The second kappa shape index (κ2) is 8.60. The van der Waals surface area contributed by atoms with Crippen LogP contribution in [0.2, 0.25) is 5.02 Å². The van der Waals surface area contributed by atoms with E-state index in [-0.39, 0.29) is 30.5 Å². The number of aliphatic carboxylic acids is 1. The van der Waals surface area contributed by atoms with Gasteiger partial charge in [0.1, 0.15) is 5.54 Å². The first-order valence-electron chi connectivity index (χ1n) is 10.4. The van der Waals surface area contributed by atoms with Gasteiger partial charge < -0.3 is 20.1 Å². The molecule has 1 saturated heterocycles. The van der Waals surface area contributed by atoms with Gasteiger partial charge in [0, 0.05) is 17.8 Å². The van der Waals surface area contributed by atoms with Crippen LogP contribution in [0.4, 0.5) is 4.79 Å². The van der Waals surface area contributed by atoms with E-state index in [0.29, 0.717) is 18.1 Å². The van der Waals surface area contributed by atoms with Crippen molar-refractivity contribution in [2.45, 2.75) is 65.0 Å². The smallest absolute Gasteiger partial charge is 0.322 e. The molecule has 30 heavy (non-hydrogen) atoms. The summed E-state index contributed by atoms with van der Waals surface area (Å²) in [5.41, 5.74) is 2.42. The number of halogens is 1. The normalized spacial score (nSPS) is 24.2. The van der Waals surface area contributed by atoms with E-state index in [1.807, 2.05) is 25.1 Å². The van der Waals surface area contributed by atoms with Crippen molar-refractivity contribution >= 4 is 23.6 Å². The van der Waals surface area contributed by atoms with E-state index >= 15 is 0 Å². The average molecular weight is 435 g/mol. The summed E-state index contributed by atoms with van der Waals surface area (Å²) in [5, 5.41) is 12.7. The van der Waals surface area contributed by atoms with Crippen molar-refractivity contribution in [3.8, 4) is 0 Å². The number of carbonyl (C=O) groups is 2. The number of aryl methyl sites for hydroxylation is 1. The van der Waals surface area contributed by atoms with Gasteiger partial charge in [-0.05, 0) is 54.4 Å². The zero-order chi connectivity index (χ0) is 22.1. The number of urea groups is 1. The van der Waals surface area contributed by atoms with E-state index in [0.717, 1.165) is 29.5 Å². The fourth-order valence-corrected chi connectivity index (χ4v) is 4.21. The molecular weight excluding hydrogens is 404 g/mol. The number of fused-ring (bicyclic) bond motifs is 1. The Morgan fingerprint density at radius 1 is 1.40 bits per heavy atom. The third-order valence-corrected chi connectivity index (χ3v) is 6.14. The lowest BCUT2D eigenvalue weighted by Crippen LogP contribution is -2.60. The van der Waals surface area contributed by atoms with Crippen LogP contribution in [-0.4, -0.2) is 41.3 Å². The van der Waals surface area contributed by atoms with E-state index in [2.05, 4.69) is 26.1 Å². The Hall–Kier alpha value is -2.05. The number of hydrogen-bond acceptors (Lipinski definition) is 3. The number of carboxylic acids is 1. The van der Waals surface area contributed by atoms with Crippen molar-refractivity contribution in [2.24, 2.45) is 5.41 Å². The second-order valence-electron chi connectivity index (χ2n) is 9.52. The fourth-order valence-electron chi connectivity index (χ4n) is 3.93. The summed E-state index contributed by atoms with van der Waals surface area (Å²) in [6.45, 7) is 9.06. The van der Waals surface area contributed by atoms with Crippen LogP contribution in [0, 0.1) is 5.41 Å². The molecule has 0 aliphatic carbocycles. The molecule has 7 heteroatoms. The van der Waals surface area contributed by atoms with E-state index in [1.54, 1.807) is 6.20 Å². The van der Waals surface area contributed by atoms with Crippen LogP contribution in [0.15, 0.2) is 30.0 Å². The predicted molar refractivity (Wildman–Crippen MR) is 117 cm³/mol. The first-order valence-corrected chi connectivity index (χ1v) is 10.8. The monoisotopic (exact) mass is 434 g/mol. The molecule has 0 saturated carbocycles. The van der Waals surface area contributed by atoms with Gasteiger partial charge in [-0.15, -0.1) is 0 Å². The number of rotatable bonds is 6. The van der Waals surface area contributed by atoms with Crippen molar-refractivity contribution in [1.82, 2.24) is 10.2 Å². The minimum Gasteiger partial charge on any atom is -0.481 e. The number of amides is 2. The van der Waals surface area contributed by atoms with Crippen LogP contribution < -0.4 is 5.32 Å². The number of ether oxygens (including phenoxy) is 1. The van der Waals surface area contributed by atoms with Gasteiger partial charge in [-0.1, -0.05) is 44.5 Å². The highest BCUT2D eigenvalue weighted by Crippen LogP contribution is 2.41. The van der Waals surface area contributed by atoms with Crippen molar-refractivity contribution in [3.63, 3.8) is 0 Å². The topological polar surface area (TPSA) is 78.9 Å².